The average molecular weight is 448 g/mol. The number of benzene rings is 2. The molecule has 2 rings (SSSR count). The summed E-state index contributed by atoms with van der Waals surface area (Å²) in [6.45, 7) is 3.21. The van der Waals surface area contributed by atoms with Crippen LogP contribution in [0.15, 0.2) is 41.3 Å². The molecule has 0 aliphatic rings. The number of anilines is 1. The van der Waals surface area contributed by atoms with Gasteiger partial charge in [-0.3, -0.25) is 4.79 Å². The highest BCUT2D eigenvalue weighted by Crippen LogP contribution is 2.33. The monoisotopic (exact) mass is 448 g/mol. The highest BCUT2D eigenvalue weighted by Gasteiger charge is 2.34. The number of ether oxygens (including phenoxy) is 1. The van der Waals surface area contributed by atoms with E-state index < -0.39 is 40.0 Å². The quantitative estimate of drug-likeness (QED) is 0.654. The molecule has 0 spiro atoms. The molecule has 1 amide bonds. The van der Waals surface area contributed by atoms with Gasteiger partial charge in [-0.1, -0.05) is 0 Å². The van der Waals surface area contributed by atoms with Crippen LogP contribution < -0.4 is 10.1 Å². The minimum atomic E-state index is -4.93. The van der Waals surface area contributed by atoms with Crippen LogP contribution in [-0.2, 0) is 21.0 Å². The second-order valence-corrected chi connectivity index (χ2v) is 8.41. The fourth-order valence-corrected chi connectivity index (χ4v) is 3.80. The van der Waals surface area contributed by atoms with Gasteiger partial charge in [-0.25, -0.2) is 12.8 Å². The van der Waals surface area contributed by atoms with Crippen molar-refractivity contribution >= 4 is 21.6 Å². The summed E-state index contributed by atoms with van der Waals surface area (Å²) >= 11 is 0. The molecule has 0 saturated heterocycles. The average Bonchev–Trinajstić information content (AvgIpc) is 2.64. The lowest BCUT2D eigenvalue weighted by Gasteiger charge is -2.18. The number of aryl methyl sites for hydroxylation is 1. The van der Waals surface area contributed by atoms with E-state index in [1.165, 1.54) is 18.2 Å². The zero-order chi connectivity index (χ0) is 22.7. The SMILES string of the molecule is CCOc1ccc(S(=O)(=O)N(C)CC(=O)Nc2ccc(F)c(C(F)(F)F)c2)cc1C. The maximum atomic E-state index is 13.3. The zero-order valence-electron chi connectivity index (χ0n) is 16.4. The van der Waals surface area contributed by atoms with E-state index in [0.717, 1.165) is 17.4 Å². The highest BCUT2D eigenvalue weighted by atomic mass is 32.2. The predicted molar refractivity (Wildman–Crippen MR) is 102 cm³/mol. The van der Waals surface area contributed by atoms with Crippen molar-refractivity contribution in [3.63, 3.8) is 0 Å². The predicted octanol–water partition coefficient (Wildman–Crippen LogP) is 3.81. The Kier molecular flexibility index (Phi) is 7.09. The fourth-order valence-electron chi connectivity index (χ4n) is 2.59. The summed E-state index contributed by atoms with van der Waals surface area (Å²) in [5, 5.41) is 2.14. The maximum absolute atomic E-state index is 13.3. The Balaban J connectivity index is 2.14. The molecule has 2 aromatic rings. The standard InChI is InChI=1S/C19H20F4N2O4S/c1-4-29-17-8-6-14(9-12(17)2)30(27,28)25(3)11-18(26)24-13-5-7-16(20)15(10-13)19(21,22)23/h5-10H,4,11H2,1-3H3,(H,24,26). The molecule has 1 N–H and O–H groups in total. The van der Waals surface area contributed by atoms with Crippen molar-refractivity contribution in [3.05, 3.63) is 53.3 Å². The van der Waals surface area contributed by atoms with E-state index in [9.17, 15) is 30.8 Å². The molecule has 0 heterocycles. The molecule has 11 heteroatoms. The Labute approximate surface area is 171 Å². The van der Waals surface area contributed by atoms with Crippen molar-refractivity contribution in [3.8, 4) is 5.75 Å². The van der Waals surface area contributed by atoms with Crippen LogP contribution in [-0.4, -0.2) is 38.8 Å². The van der Waals surface area contributed by atoms with Crippen molar-refractivity contribution in [2.24, 2.45) is 0 Å². The van der Waals surface area contributed by atoms with Crippen molar-refractivity contribution in [2.45, 2.75) is 24.9 Å². The Bertz CT molecular complexity index is 1040. The van der Waals surface area contributed by atoms with Crippen LogP contribution in [0.4, 0.5) is 23.2 Å². The number of halogens is 4. The van der Waals surface area contributed by atoms with E-state index in [1.807, 2.05) is 0 Å². The van der Waals surface area contributed by atoms with E-state index >= 15 is 0 Å². The number of alkyl halides is 3. The van der Waals surface area contributed by atoms with E-state index in [1.54, 1.807) is 13.8 Å². The summed E-state index contributed by atoms with van der Waals surface area (Å²) in [5.74, 6) is -1.84. The van der Waals surface area contributed by atoms with Gasteiger partial charge in [0.1, 0.15) is 11.6 Å². The minimum absolute atomic E-state index is 0.0695. The molecule has 2 aromatic carbocycles. The van der Waals surface area contributed by atoms with Gasteiger partial charge in [0.25, 0.3) is 0 Å². The Hall–Kier alpha value is -2.66. The molecule has 0 aliphatic heterocycles. The van der Waals surface area contributed by atoms with Gasteiger partial charge in [-0.05, 0) is 55.8 Å². The first kappa shape index (κ1) is 23.6. The first-order valence-corrected chi connectivity index (χ1v) is 10.2. The number of carbonyl (C=O) groups excluding carboxylic acids is 1. The third-order valence-corrected chi connectivity index (χ3v) is 5.88. The highest BCUT2D eigenvalue weighted by molar-refractivity contribution is 7.89. The number of rotatable bonds is 7. The third-order valence-electron chi connectivity index (χ3n) is 4.08. The number of likely N-dealkylation sites (N-methyl/N-ethyl adjacent to an activating group) is 1. The van der Waals surface area contributed by atoms with Crippen LogP contribution >= 0.6 is 0 Å². The molecule has 0 fully saturated rings. The molecule has 0 bridgehead atoms. The summed E-state index contributed by atoms with van der Waals surface area (Å²) in [4.78, 5) is 12.1. The van der Waals surface area contributed by atoms with Gasteiger partial charge in [-0.2, -0.15) is 17.5 Å². The smallest absolute Gasteiger partial charge is 0.419 e. The summed E-state index contributed by atoms with van der Waals surface area (Å²) in [6.07, 6.45) is -4.93. The first-order valence-electron chi connectivity index (χ1n) is 8.72. The normalized spacial score (nSPS) is 12.1. The zero-order valence-corrected chi connectivity index (χ0v) is 17.2. The van der Waals surface area contributed by atoms with Gasteiger partial charge in [0.15, 0.2) is 0 Å². The van der Waals surface area contributed by atoms with Crippen LogP contribution in [0.5, 0.6) is 5.75 Å². The van der Waals surface area contributed by atoms with E-state index in [-0.39, 0.29) is 10.6 Å². The molecule has 0 saturated carbocycles. The topological polar surface area (TPSA) is 75.7 Å². The molecule has 0 unspecified atom stereocenters. The molecule has 0 aromatic heterocycles. The van der Waals surface area contributed by atoms with Crippen molar-refractivity contribution in [1.29, 1.82) is 0 Å². The van der Waals surface area contributed by atoms with Crippen LogP contribution in [0.3, 0.4) is 0 Å². The van der Waals surface area contributed by atoms with Crippen molar-refractivity contribution < 1.29 is 35.5 Å². The first-order chi connectivity index (χ1) is 13.9. The number of amides is 1. The lowest BCUT2D eigenvalue weighted by Crippen LogP contribution is -2.35. The van der Waals surface area contributed by atoms with Crippen LogP contribution in [0.25, 0.3) is 0 Å². The molecule has 0 aliphatic carbocycles. The van der Waals surface area contributed by atoms with Crippen LogP contribution in [0.1, 0.15) is 18.1 Å². The van der Waals surface area contributed by atoms with Crippen LogP contribution in [0.2, 0.25) is 0 Å². The lowest BCUT2D eigenvalue weighted by atomic mass is 10.2. The lowest BCUT2D eigenvalue weighted by molar-refractivity contribution is -0.140. The van der Waals surface area contributed by atoms with E-state index in [4.69, 9.17) is 4.74 Å². The molecule has 0 atom stereocenters. The van der Waals surface area contributed by atoms with Gasteiger partial charge in [0.2, 0.25) is 15.9 Å². The number of carbonyl (C=O) groups is 1. The summed E-state index contributed by atoms with van der Waals surface area (Å²) in [5.41, 5.74) is -1.26. The summed E-state index contributed by atoms with van der Waals surface area (Å²) in [6, 6.07) is 6.18. The molecule has 164 valence electrons. The third kappa shape index (κ3) is 5.48. The second-order valence-electron chi connectivity index (χ2n) is 6.36. The number of hydrogen-bond donors (Lipinski definition) is 1. The van der Waals surface area contributed by atoms with Crippen molar-refractivity contribution in [2.75, 3.05) is 25.5 Å². The molecule has 6 nitrogen and oxygen atoms in total. The van der Waals surface area contributed by atoms with Crippen LogP contribution in [0, 0.1) is 12.7 Å². The largest absolute Gasteiger partial charge is 0.494 e. The number of nitrogens with zero attached hydrogens (tertiary/aromatic N) is 1. The number of hydrogen-bond acceptors (Lipinski definition) is 4. The molecular weight excluding hydrogens is 428 g/mol. The summed E-state index contributed by atoms with van der Waals surface area (Å²) in [7, 11) is -2.88. The van der Waals surface area contributed by atoms with Gasteiger partial charge in [-0.15, -0.1) is 0 Å². The molecule has 30 heavy (non-hydrogen) atoms. The fraction of sp³-hybridized carbons (Fsp3) is 0.316. The Morgan fingerprint density at radius 2 is 1.83 bits per heavy atom. The summed E-state index contributed by atoms with van der Waals surface area (Å²) < 4.78 is 83.1. The van der Waals surface area contributed by atoms with Gasteiger partial charge in [0, 0.05) is 12.7 Å². The molecule has 0 radical (unpaired) electrons. The van der Waals surface area contributed by atoms with E-state index in [0.29, 0.717) is 30.1 Å². The van der Waals surface area contributed by atoms with Gasteiger partial charge < -0.3 is 10.1 Å². The Morgan fingerprint density at radius 3 is 2.40 bits per heavy atom. The van der Waals surface area contributed by atoms with Gasteiger partial charge in [0.05, 0.1) is 23.6 Å². The van der Waals surface area contributed by atoms with E-state index in [2.05, 4.69) is 5.32 Å². The number of sulfonamides is 1. The second kappa shape index (κ2) is 9.00. The Morgan fingerprint density at radius 1 is 1.17 bits per heavy atom. The van der Waals surface area contributed by atoms with Gasteiger partial charge >= 0.3 is 6.18 Å². The molecular formula is C19H20F4N2O4S. The number of nitrogens with one attached hydrogen (secondary N) is 1. The van der Waals surface area contributed by atoms with Crippen molar-refractivity contribution in [1.82, 2.24) is 4.31 Å². The minimum Gasteiger partial charge on any atom is -0.494 e. The maximum Gasteiger partial charge on any atom is 0.419 e.